The van der Waals surface area contributed by atoms with Gasteiger partial charge in [0, 0.05) is 0 Å². The van der Waals surface area contributed by atoms with Gasteiger partial charge in [-0.05, 0) is 23.8 Å². The van der Waals surface area contributed by atoms with Crippen LogP contribution in [-0.4, -0.2) is 14.8 Å². The molecule has 3 heterocycles. The Kier molecular flexibility index (Phi) is 3.19. The molecule has 122 valence electrons. The molecule has 24 heavy (non-hydrogen) atoms. The van der Waals surface area contributed by atoms with Gasteiger partial charge in [0.1, 0.15) is 11.8 Å². The van der Waals surface area contributed by atoms with Gasteiger partial charge in [-0.3, -0.25) is 0 Å². The smallest absolute Gasteiger partial charge is 0.453 e. The van der Waals surface area contributed by atoms with Crippen LogP contribution >= 0.6 is 0 Å². The van der Waals surface area contributed by atoms with Crippen LogP contribution in [0.3, 0.4) is 0 Å². The summed E-state index contributed by atoms with van der Waals surface area (Å²) in [4.78, 5) is 3.59. The number of hydrogen-bond donors (Lipinski definition) is 1. The molecule has 0 saturated heterocycles. The molecule has 0 fully saturated rings. The second-order valence-electron chi connectivity index (χ2n) is 5.24. The van der Waals surface area contributed by atoms with Crippen molar-refractivity contribution in [2.45, 2.75) is 12.2 Å². The Hall–Kier alpha value is -3.03. The Morgan fingerprint density at radius 2 is 1.88 bits per heavy atom. The molecular formula is C16H11F3N4O. The van der Waals surface area contributed by atoms with Crippen LogP contribution in [0.1, 0.15) is 23.2 Å². The molecule has 8 heteroatoms. The maximum absolute atomic E-state index is 13.0. The molecule has 0 spiro atoms. The monoisotopic (exact) mass is 332 g/mol. The molecule has 1 aliphatic heterocycles. The quantitative estimate of drug-likeness (QED) is 0.772. The van der Waals surface area contributed by atoms with Gasteiger partial charge in [-0.15, -0.1) is 5.10 Å². The summed E-state index contributed by atoms with van der Waals surface area (Å²) in [5.41, 5.74) is 1.34. The second-order valence-corrected chi connectivity index (χ2v) is 5.24. The SMILES string of the molecule is FC(F)(F)c1nc2n(n1)[C@@H](c1ccccc1)C=C(c1ccco1)N2. The van der Waals surface area contributed by atoms with E-state index in [1.54, 1.807) is 18.2 Å². The molecule has 1 atom stereocenters. The molecule has 5 nitrogen and oxygen atoms in total. The number of allylic oxidation sites excluding steroid dienone is 1. The van der Waals surface area contributed by atoms with E-state index >= 15 is 0 Å². The molecule has 3 aromatic rings. The van der Waals surface area contributed by atoms with Gasteiger partial charge in [-0.1, -0.05) is 30.3 Å². The van der Waals surface area contributed by atoms with E-state index < -0.39 is 18.0 Å². The lowest BCUT2D eigenvalue weighted by atomic mass is 10.0. The molecule has 0 radical (unpaired) electrons. The van der Waals surface area contributed by atoms with Crippen LogP contribution in [0.4, 0.5) is 19.1 Å². The Morgan fingerprint density at radius 3 is 2.54 bits per heavy atom. The minimum absolute atomic E-state index is 0.0186. The number of benzene rings is 1. The van der Waals surface area contributed by atoms with E-state index in [0.29, 0.717) is 11.5 Å². The molecule has 2 aromatic heterocycles. The van der Waals surface area contributed by atoms with Gasteiger partial charge in [0.2, 0.25) is 5.95 Å². The van der Waals surface area contributed by atoms with E-state index in [9.17, 15) is 13.2 Å². The lowest BCUT2D eigenvalue weighted by Gasteiger charge is -2.23. The Bertz CT molecular complexity index is 882. The summed E-state index contributed by atoms with van der Waals surface area (Å²) in [5.74, 6) is -0.649. The summed E-state index contributed by atoms with van der Waals surface area (Å²) in [6.45, 7) is 0. The second kappa shape index (κ2) is 5.26. The first-order chi connectivity index (χ1) is 11.5. The van der Waals surface area contributed by atoms with Crippen molar-refractivity contribution < 1.29 is 17.6 Å². The molecule has 0 unspecified atom stereocenters. The summed E-state index contributed by atoms with van der Waals surface area (Å²) in [6, 6.07) is 12.0. The first-order valence-corrected chi connectivity index (χ1v) is 7.14. The normalized spacial score (nSPS) is 17.1. The molecular weight excluding hydrogens is 321 g/mol. The standard InChI is InChI=1S/C16H11F3N4O/c17-16(18,19)14-21-15-20-11(13-7-4-8-24-13)9-12(23(15)22-14)10-5-2-1-3-6-10/h1-9,12H,(H,20,21,22)/t12-/m1/s1. The van der Waals surface area contributed by atoms with E-state index in [2.05, 4.69) is 15.4 Å². The zero-order chi connectivity index (χ0) is 16.7. The van der Waals surface area contributed by atoms with Crippen molar-refractivity contribution in [3.8, 4) is 0 Å². The predicted octanol–water partition coefficient (Wildman–Crippen LogP) is 3.95. The average molecular weight is 332 g/mol. The van der Waals surface area contributed by atoms with Gasteiger partial charge in [-0.2, -0.15) is 18.2 Å². The number of nitrogens with one attached hydrogen (secondary N) is 1. The fraction of sp³-hybridized carbons (Fsp3) is 0.125. The highest BCUT2D eigenvalue weighted by Crippen LogP contribution is 2.35. The van der Waals surface area contributed by atoms with Crippen LogP contribution in [0.25, 0.3) is 5.70 Å². The van der Waals surface area contributed by atoms with Gasteiger partial charge in [0.05, 0.1) is 12.0 Å². The molecule has 1 N–H and O–H groups in total. The number of halogens is 3. The van der Waals surface area contributed by atoms with Crippen molar-refractivity contribution in [3.63, 3.8) is 0 Å². The van der Waals surface area contributed by atoms with E-state index in [0.717, 1.165) is 5.56 Å². The largest absolute Gasteiger partial charge is 0.463 e. The summed E-state index contributed by atoms with van der Waals surface area (Å²) < 4.78 is 45.5. The molecule has 1 aromatic carbocycles. The number of nitrogens with zero attached hydrogens (tertiary/aromatic N) is 3. The van der Waals surface area contributed by atoms with Gasteiger partial charge in [0.25, 0.3) is 5.82 Å². The highest BCUT2D eigenvalue weighted by atomic mass is 19.4. The lowest BCUT2D eigenvalue weighted by molar-refractivity contribution is -0.145. The van der Waals surface area contributed by atoms with E-state index in [4.69, 9.17) is 4.42 Å². The van der Waals surface area contributed by atoms with Crippen molar-refractivity contribution in [2.24, 2.45) is 0 Å². The number of alkyl halides is 3. The van der Waals surface area contributed by atoms with E-state index in [1.807, 2.05) is 30.3 Å². The van der Waals surface area contributed by atoms with Crippen LogP contribution < -0.4 is 5.32 Å². The van der Waals surface area contributed by atoms with Gasteiger partial charge in [0.15, 0.2) is 0 Å². The van der Waals surface area contributed by atoms with Crippen molar-refractivity contribution >= 4 is 11.6 Å². The number of anilines is 1. The zero-order valence-electron chi connectivity index (χ0n) is 12.2. The van der Waals surface area contributed by atoms with E-state index in [1.165, 1.54) is 10.9 Å². The van der Waals surface area contributed by atoms with Crippen LogP contribution in [0.2, 0.25) is 0 Å². The molecule has 0 saturated carbocycles. The third kappa shape index (κ3) is 2.45. The van der Waals surface area contributed by atoms with Crippen molar-refractivity contribution in [1.29, 1.82) is 0 Å². The number of furan rings is 1. The average Bonchev–Trinajstić information content (AvgIpc) is 3.23. The van der Waals surface area contributed by atoms with Crippen molar-refractivity contribution in [3.05, 3.63) is 72.0 Å². The van der Waals surface area contributed by atoms with Crippen molar-refractivity contribution in [1.82, 2.24) is 14.8 Å². The molecule has 0 aliphatic carbocycles. The first-order valence-electron chi connectivity index (χ1n) is 7.14. The predicted molar refractivity (Wildman–Crippen MR) is 79.9 cm³/mol. The number of hydrogen-bond acceptors (Lipinski definition) is 4. The zero-order valence-corrected chi connectivity index (χ0v) is 12.2. The van der Waals surface area contributed by atoms with Crippen LogP contribution in [0, 0.1) is 0 Å². The minimum Gasteiger partial charge on any atom is -0.463 e. The summed E-state index contributed by atoms with van der Waals surface area (Å²) in [5, 5.41) is 6.49. The van der Waals surface area contributed by atoms with Gasteiger partial charge < -0.3 is 9.73 Å². The lowest BCUT2D eigenvalue weighted by Crippen LogP contribution is -2.20. The number of fused-ring (bicyclic) bond motifs is 1. The minimum atomic E-state index is -4.61. The maximum Gasteiger partial charge on any atom is 0.453 e. The Morgan fingerprint density at radius 1 is 1.08 bits per heavy atom. The summed E-state index contributed by atoms with van der Waals surface area (Å²) in [7, 11) is 0. The maximum atomic E-state index is 13.0. The van der Waals surface area contributed by atoms with E-state index in [-0.39, 0.29) is 5.95 Å². The molecule has 4 rings (SSSR count). The highest BCUT2D eigenvalue weighted by Gasteiger charge is 2.39. The third-order valence-corrected chi connectivity index (χ3v) is 3.65. The number of aromatic nitrogens is 3. The molecule has 1 aliphatic rings. The Balaban J connectivity index is 1.85. The topological polar surface area (TPSA) is 55.9 Å². The van der Waals surface area contributed by atoms with Crippen LogP contribution in [0.5, 0.6) is 0 Å². The summed E-state index contributed by atoms with van der Waals surface area (Å²) in [6.07, 6.45) is -1.36. The van der Waals surface area contributed by atoms with Gasteiger partial charge >= 0.3 is 6.18 Å². The van der Waals surface area contributed by atoms with Crippen LogP contribution in [-0.2, 0) is 6.18 Å². The third-order valence-electron chi connectivity index (χ3n) is 3.65. The Labute approximate surface area is 134 Å². The molecule has 0 bridgehead atoms. The highest BCUT2D eigenvalue weighted by molar-refractivity contribution is 5.74. The van der Waals surface area contributed by atoms with Crippen molar-refractivity contribution in [2.75, 3.05) is 5.32 Å². The fourth-order valence-electron chi connectivity index (χ4n) is 2.58. The molecule has 0 amide bonds. The van der Waals surface area contributed by atoms with Crippen LogP contribution in [0.15, 0.2) is 59.2 Å². The number of rotatable bonds is 2. The van der Waals surface area contributed by atoms with Gasteiger partial charge in [-0.25, -0.2) is 4.68 Å². The fourth-order valence-corrected chi connectivity index (χ4v) is 2.58. The first kappa shape index (κ1) is 14.6. The summed E-state index contributed by atoms with van der Waals surface area (Å²) >= 11 is 0.